The van der Waals surface area contributed by atoms with E-state index in [4.69, 9.17) is 9.47 Å². The van der Waals surface area contributed by atoms with Crippen molar-refractivity contribution in [3.63, 3.8) is 0 Å². The molecule has 2 aromatic carbocycles. The third-order valence-electron chi connectivity index (χ3n) is 5.94. The molecule has 4 rings (SSSR count). The van der Waals surface area contributed by atoms with Crippen LogP contribution in [0.25, 0.3) is 11.6 Å². The van der Waals surface area contributed by atoms with Gasteiger partial charge in [-0.1, -0.05) is 37.3 Å². The van der Waals surface area contributed by atoms with Crippen LogP contribution < -0.4 is 5.32 Å². The fraction of sp³-hybridized carbons (Fsp3) is 0.259. The minimum Gasteiger partial charge on any atom is -0.469 e. The van der Waals surface area contributed by atoms with Crippen LogP contribution in [0, 0.1) is 0 Å². The van der Waals surface area contributed by atoms with Crippen molar-refractivity contribution in [2.24, 2.45) is 0 Å². The van der Waals surface area contributed by atoms with Gasteiger partial charge in [0.1, 0.15) is 5.82 Å². The summed E-state index contributed by atoms with van der Waals surface area (Å²) in [5.41, 5.74) is 4.86. The van der Waals surface area contributed by atoms with Crippen molar-refractivity contribution < 1.29 is 23.9 Å². The quantitative estimate of drug-likeness (QED) is 0.394. The van der Waals surface area contributed by atoms with Crippen molar-refractivity contribution in [2.45, 2.75) is 32.7 Å². The fourth-order valence-electron chi connectivity index (χ4n) is 4.14. The van der Waals surface area contributed by atoms with Crippen LogP contribution in [0.1, 0.15) is 51.9 Å². The number of carbonyl (C=O) groups is 3. The number of nitrogens with zero attached hydrogens (tertiary/aromatic N) is 2. The number of fused-ring (bicyclic) bond motifs is 1. The first-order valence-electron chi connectivity index (χ1n) is 11.4. The summed E-state index contributed by atoms with van der Waals surface area (Å²) in [5.74, 6) is -0.0710. The Morgan fingerprint density at radius 1 is 1.09 bits per heavy atom. The van der Waals surface area contributed by atoms with Crippen LogP contribution in [0.4, 0.5) is 5.69 Å². The Balaban J connectivity index is 1.70. The molecule has 3 aromatic rings. The van der Waals surface area contributed by atoms with Gasteiger partial charge in [0, 0.05) is 18.5 Å². The zero-order valence-corrected chi connectivity index (χ0v) is 20.0. The Labute approximate surface area is 203 Å². The molecule has 1 N–H and O–H groups in total. The monoisotopic (exact) mass is 473 g/mol. The maximum atomic E-state index is 12.9. The summed E-state index contributed by atoms with van der Waals surface area (Å²) in [7, 11) is 2.70. The summed E-state index contributed by atoms with van der Waals surface area (Å²) in [5, 5.41) is 2.90. The number of methoxy groups -OCH3 is 2. The van der Waals surface area contributed by atoms with Gasteiger partial charge in [-0.25, -0.2) is 9.78 Å². The molecular formula is C27H27N3O5. The van der Waals surface area contributed by atoms with Gasteiger partial charge < -0.3 is 19.4 Å². The first-order chi connectivity index (χ1) is 16.9. The number of nitrogens with one attached hydrogen (secondary N) is 1. The lowest BCUT2D eigenvalue weighted by molar-refractivity contribution is -0.139. The van der Waals surface area contributed by atoms with Crippen LogP contribution in [-0.2, 0) is 38.4 Å². The highest BCUT2D eigenvalue weighted by Crippen LogP contribution is 2.36. The summed E-state index contributed by atoms with van der Waals surface area (Å²) < 4.78 is 11.6. The highest BCUT2D eigenvalue weighted by molar-refractivity contribution is 6.35. The van der Waals surface area contributed by atoms with Gasteiger partial charge >= 0.3 is 11.9 Å². The van der Waals surface area contributed by atoms with E-state index in [-0.39, 0.29) is 24.3 Å². The topological polar surface area (TPSA) is 99.5 Å². The zero-order valence-electron chi connectivity index (χ0n) is 20.0. The van der Waals surface area contributed by atoms with Gasteiger partial charge in [-0.15, -0.1) is 0 Å². The van der Waals surface area contributed by atoms with Crippen LogP contribution in [0.5, 0.6) is 0 Å². The molecule has 1 aromatic heterocycles. The molecule has 1 amide bonds. The standard InChI is InChI=1S/C27H27N3O5/c1-4-6-23-28-15-20(30(23)16-17-9-11-18(12-10-17)27(33)35-3)14-22-21-8-5-7-19(13-24(31)34-2)25(21)29-26(22)32/h5,7-12,14-15H,4,6,13,16H2,1-3H3,(H,29,32)/b22-14+. The second-order valence-corrected chi connectivity index (χ2v) is 8.23. The number of anilines is 1. The van der Waals surface area contributed by atoms with E-state index in [2.05, 4.69) is 21.8 Å². The summed E-state index contributed by atoms with van der Waals surface area (Å²) in [6.45, 7) is 2.62. The van der Waals surface area contributed by atoms with Gasteiger partial charge in [0.25, 0.3) is 5.91 Å². The number of benzene rings is 2. The highest BCUT2D eigenvalue weighted by atomic mass is 16.5. The number of amides is 1. The Morgan fingerprint density at radius 2 is 1.86 bits per heavy atom. The molecule has 35 heavy (non-hydrogen) atoms. The molecule has 1 aliphatic heterocycles. The molecule has 180 valence electrons. The highest BCUT2D eigenvalue weighted by Gasteiger charge is 2.27. The molecule has 0 spiro atoms. The summed E-state index contributed by atoms with van der Waals surface area (Å²) in [6, 6.07) is 12.7. The second-order valence-electron chi connectivity index (χ2n) is 8.23. The Kier molecular flexibility index (Phi) is 7.10. The first kappa shape index (κ1) is 23.9. The van der Waals surface area contributed by atoms with Crippen molar-refractivity contribution >= 4 is 35.2 Å². The van der Waals surface area contributed by atoms with E-state index in [0.29, 0.717) is 28.9 Å². The summed E-state index contributed by atoms with van der Waals surface area (Å²) in [4.78, 5) is 41.1. The molecule has 0 saturated heterocycles. The van der Waals surface area contributed by atoms with Crippen LogP contribution >= 0.6 is 0 Å². The molecule has 0 saturated carbocycles. The second kappa shape index (κ2) is 10.4. The van der Waals surface area contributed by atoms with Gasteiger partial charge in [0.15, 0.2) is 0 Å². The Hall–Kier alpha value is -4.20. The van der Waals surface area contributed by atoms with Crippen molar-refractivity contribution in [1.82, 2.24) is 9.55 Å². The SMILES string of the molecule is CCCc1ncc(/C=C2/C(=O)Nc3c(CC(=O)OC)cccc32)n1Cc1ccc(C(=O)OC)cc1. The molecule has 0 atom stereocenters. The number of ether oxygens (including phenoxy) is 2. The van der Waals surface area contributed by atoms with Crippen molar-refractivity contribution in [3.05, 3.63) is 82.4 Å². The lowest BCUT2D eigenvalue weighted by Crippen LogP contribution is -2.09. The number of rotatable bonds is 8. The van der Waals surface area contributed by atoms with E-state index in [1.807, 2.05) is 30.3 Å². The van der Waals surface area contributed by atoms with E-state index in [1.54, 1.807) is 24.4 Å². The minimum absolute atomic E-state index is 0.0768. The molecule has 0 radical (unpaired) electrons. The van der Waals surface area contributed by atoms with Crippen LogP contribution in [0.3, 0.4) is 0 Å². The Bertz CT molecular complexity index is 1300. The van der Waals surface area contributed by atoms with Crippen LogP contribution in [0.15, 0.2) is 48.7 Å². The summed E-state index contributed by atoms with van der Waals surface area (Å²) in [6.07, 6.45) is 5.39. The molecule has 8 heteroatoms. The van der Waals surface area contributed by atoms with Crippen molar-refractivity contribution in [3.8, 4) is 0 Å². The molecule has 0 unspecified atom stereocenters. The fourth-order valence-corrected chi connectivity index (χ4v) is 4.14. The van der Waals surface area contributed by atoms with Gasteiger partial charge in [-0.2, -0.15) is 0 Å². The van der Waals surface area contributed by atoms with Gasteiger partial charge in [-0.3, -0.25) is 9.59 Å². The molecule has 8 nitrogen and oxygen atoms in total. The Morgan fingerprint density at radius 3 is 2.54 bits per heavy atom. The zero-order chi connectivity index (χ0) is 24.9. The number of hydrogen-bond donors (Lipinski definition) is 1. The lowest BCUT2D eigenvalue weighted by atomic mass is 10.0. The largest absolute Gasteiger partial charge is 0.469 e. The van der Waals surface area contributed by atoms with Gasteiger partial charge in [0.05, 0.1) is 49.4 Å². The normalized spacial score (nSPS) is 13.5. The smallest absolute Gasteiger partial charge is 0.337 e. The molecular weight excluding hydrogens is 446 g/mol. The van der Waals surface area contributed by atoms with E-state index in [0.717, 1.165) is 35.5 Å². The van der Waals surface area contributed by atoms with Crippen LogP contribution in [0.2, 0.25) is 0 Å². The maximum Gasteiger partial charge on any atom is 0.337 e. The molecule has 1 aliphatic rings. The molecule has 0 aliphatic carbocycles. The average Bonchev–Trinajstić information content (AvgIpc) is 3.40. The van der Waals surface area contributed by atoms with Crippen molar-refractivity contribution in [2.75, 3.05) is 19.5 Å². The van der Waals surface area contributed by atoms with E-state index in [1.165, 1.54) is 14.2 Å². The number of para-hydroxylation sites is 1. The number of carbonyl (C=O) groups excluding carboxylic acids is 3. The van der Waals surface area contributed by atoms with Crippen LogP contribution in [-0.4, -0.2) is 41.6 Å². The lowest BCUT2D eigenvalue weighted by Gasteiger charge is -2.11. The molecule has 0 fully saturated rings. The van der Waals surface area contributed by atoms with Gasteiger partial charge in [0.2, 0.25) is 0 Å². The predicted molar refractivity (Wildman–Crippen MR) is 132 cm³/mol. The third-order valence-corrected chi connectivity index (χ3v) is 5.94. The van der Waals surface area contributed by atoms with E-state index >= 15 is 0 Å². The van der Waals surface area contributed by atoms with E-state index < -0.39 is 0 Å². The summed E-state index contributed by atoms with van der Waals surface area (Å²) >= 11 is 0. The van der Waals surface area contributed by atoms with Crippen molar-refractivity contribution in [1.29, 1.82) is 0 Å². The number of esters is 2. The first-order valence-corrected chi connectivity index (χ1v) is 11.4. The third kappa shape index (κ3) is 5.01. The number of imidazole rings is 1. The number of hydrogen-bond acceptors (Lipinski definition) is 6. The number of aryl methyl sites for hydroxylation is 1. The van der Waals surface area contributed by atoms with E-state index in [9.17, 15) is 14.4 Å². The maximum absolute atomic E-state index is 12.9. The van der Waals surface area contributed by atoms with Gasteiger partial charge in [-0.05, 0) is 35.8 Å². The minimum atomic E-state index is -0.381. The molecule has 0 bridgehead atoms. The average molecular weight is 474 g/mol. The number of aromatic nitrogens is 2. The predicted octanol–water partition coefficient (Wildman–Crippen LogP) is 3.88. The molecule has 2 heterocycles.